The van der Waals surface area contributed by atoms with Gasteiger partial charge in [0.15, 0.2) is 0 Å². The number of rotatable bonds is 11. The van der Waals surface area contributed by atoms with E-state index >= 15 is 0 Å². The number of allylic oxidation sites excluding steroid dienone is 4. The van der Waals surface area contributed by atoms with Crippen molar-refractivity contribution in [1.82, 2.24) is 4.48 Å². The molecule has 3 heterocycles. The third-order valence-electron chi connectivity index (χ3n) is 9.34. The van der Waals surface area contributed by atoms with Crippen molar-refractivity contribution in [2.45, 2.75) is 65.3 Å². The summed E-state index contributed by atoms with van der Waals surface area (Å²) < 4.78 is 86.6. The second-order valence-electron chi connectivity index (χ2n) is 12.6. The van der Waals surface area contributed by atoms with Crippen molar-refractivity contribution in [3.63, 3.8) is 0 Å². The van der Waals surface area contributed by atoms with Crippen LogP contribution < -0.4 is 23.0 Å². The summed E-state index contributed by atoms with van der Waals surface area (Å²) in [5, 5.41) is -0.936. The van der Waals surface area contributed by atoms with E-state index in [-0.39, 0.29) is 46.1 Å². The topological polar surface area (TPSA) is 131 Å². The Hall–Kier alpha value is -2.25. The predicted octanol–water partition coefficient (Wildman–Crippen LogP) is 4.20. The normalized spacial score (nSPS) is 24.5. The molecular weight excluding hydrogens is 786 g/mol. The number of hydrogen-bond acceptors (Lipinski definition) is 6. The van der Waals surface area contributed by atoms with Crippen LogP contribution in [0.4, 0.5) is 5.69 Å². The second-order valence-corrected chi connectivity index (χ2v) is 20.2. The maximum atomic E-state index is 12.7. The van der Waals surface area contributed by atoms with Crippen molar-refractivity contribution in [2.24, 2.45) is 5.92 Å². The van der Waals surface area contributed by atoms with Gasteiger partial charge in [0, 0.05) is 0 Å². The number of aromatic nitrogens is 1. The van der Waals surface area contributed by atoms with Gasteiger partial charge in [0.05, 0.1) is 0 Å². The average Bonchev–Trinajstić information content (AvgIpc) is 3.49. The maximum absolute atomic E-state index is 12.7. The molecule has 0 radical (unpaired) electrons. The molecule has 0 saturated carbocycles. The first-order chi connectivity index (χ1) is 22.7. The standard InChI is InChI=1S/C34H40N2O8S2Se2/c1-5-43-26-8-10-30-28(20-26)35(13-7-15-45(37,38)39)32(47-30)18-24-16-22(3)17-25(23(24)4)19-34-36(14-12-33(36)46(40,41)42)29-21-27(44-6-2)9-11-31(29)48-34/h8-11,18-22,33H,5-7,12-17H2,1-4H3/p+2. The van der Waals surface area contributed by atoms with Crippen LogP contribution in [0.5, 0.6) is 11.5 Å². The fraction of sp³-hybridized carbons (Fsp3) is 0.441. The first kappa shape index (κ1) is 35.6. The Labute approximate surface area is 295 Å². The van der Waals surface area contributed by atoms with Crippen molar-refractivity contribution in [1.29, 1.82) is 0 Å². The molecule has 1 aromatic heterocycles. The Kier molecular flexibility index (Phi) is 10.2. The van der Waals surface area contributed by atoms with Crippen LogP contribution in [0.2, 0.25) is 0 Å². The molecule has 14 heteroatoms. The van der Waals surface area contributed by atoms with Crippen LogP contribution >= 0.6 is 0 Å². The van der Waals surface area contributed by atoms with Gasteiger partial charge in [0.25, 0.3) is 0 Å². The fourth-order valence-corrected chi connectivity index (χ4v) is 14.1. The number of hydrogen-bond donors (Lipinski definition) is 2. The molecule has 6 rings (SSSR count). The van der Waals surface area contributed by atoms with Crippen LogP contribution in [0.3, 0.4) is 0 Å². The number of aryl methyl sites for hydroxylation is 1. The average molecular weight is 829 g/mol. The van der Waals surface area contributed by atoms with Gasteiger partial charge in [-0.25, -0.2) is 0 Å². The number of fused-ring (bicyclic) bond motifs is 3. The molecule has 1 fully saturated rings. The fourth-order valence-electron chi connectivity index (χ4n) is 7.05. The van der Waals surface area contributed by atoms with E-state index in [0.717, 1.165) is 49.0 Å². The molecule has 2 aliphatic heterocycles. The summed E-state index contributed by atoms with van der Waals surface area (Å²) in [5.41, 5.74) is 5.46. The molecule has 0 bridgehead atoms. The van der Waals surface area contributed by atoms with Gasteiger partial charge in [0.1, 0.15) is 0 Å². The third-order valence-corrected chi connectivity index (χ3v) is 16.3. The van der Waals surface area contributed by atoms with E-state index in [9.17, 15) is 25.9 Å². The van der Waals surface area contributed by atoms with Crippen molar-refractivity contribution in [2.75, 3.05) is 25.5 Å². The van der Waals surface area contributed by atoms with Crippen molar-refractivity contribution in [3.8, 4) is 11.5 Å². The van der Waals surface area contributed by atoms with Crippen molar-refractivity contribution >= 4 is 75.7 Å². The van der Waals surface area contributed by atoms with Gasteiger partial charge in [-0.05, 0) is 0 Å². The Balaban J connectivity index is 1.44. The second kappa shape index (κ2) is 13.8. The summed E-state index contributed by atoms with van der Waals surface area (Å²) in [6, 6.07) is 12.0. The Morgan fingerprint density at radius 2 is 1.71 bits per heavy atom. The molecular formula is C34H42N2O8S2Se2+2. The molecule has 3 atom stereocenters. The van der Waals surface area contributed by atoms with Crippen molar-refractivity contribution in [3.05, 3.63) is 68.4 Å². The van der Waals surface area contributed by atoms with E-state index in [0.29, 0.717) is 44.4 Å². The van der Waals surface area contributed by atoms with E-state index in [1.807, 2.05) is 44.2 Å². The molecule has 258 valence electrons. The van der Waals surface area contributed by atoms with E-state index in [4.69, 9.17) is 9.47 Å². The van der Waals surface area contributed by atoms with Crippen LogP contribution in [0.25, 0.3) is 15.9 Å². The summed E-state index contributed by atoms with van der Waals surface area (Å²) in [6.45, 7) is 10.3. The van der Waals surface area contributed by atoms with Crippen LogP contribution in [-0.2, 0) is 26.8 Å². The number of quaternary nitrogens is 1. The number of ether oxygens (including phenoxy) is 2. The van der Waals surface area contributed by atoms with Gasteiger partial charge in [-0.15, -0.1) is 0 Å². The molecule has 1 spiro atoms. The molecule has 0 amide bonds. The minimum atomic E-state index is -4.30. The summed E-state index contributed by atoms with van der Waals surface area (Å²) in [6.07, 6.45) is 6.89. The first-order valence-corrected chi connectivity index (χ1v) is 22.7. The van der Waals surface area contributed by atoms with E-state index in [1.165, 1.54) is 15.4 Å². The summed E-state index contributed by atoms with van der Waals surface area (Å²) in [4.78, 5) is 0. The third kappa shape index (κ3) is 7.02. The van der Waals surface area contributed by atoms with Gasteiger partial charge in [0.2, 0.25) is 0 Å². The molecule has 1 aliphatic carbocycles. The molecule has 2 N–H and O–H groups in total. The zero-order chi connectivity index (χ0) is 34.4. The van der Waals surface area contributed by atoms with Crippen LogP contribution in [-0.4, -0.2) is 86.3 Å². The Morgan fingerprint density at radius 1 is 1.00 bits per heavy atom. The summed E-state index contributed by atoms with van der Waals surface area (Å²) in [7, 11) is -8.38. The first-order valence-electron chi connectivity index (χ1n) is 16.2. The van der Waals surface area contributed by atoms with E-state index in [2.05, 4.69) is 36.6 Å². The van der Waals surface area contributed by atoms with Gasteiger partial charge in [-0.3, -0.25) is 0 Å². The van der Waals surface area contributed by atoms with Crippen LogP contribution in [0.15, 0.2) is 63.8 Å². The van der Waals surface area contributed by atoms with Gasteiger partial charge in [-0.1, -0.05) is 0 Å². The molecule has 1 saturated heterocycles. The molecule has 48 heavy (non-hydrogen) atoms. The zero-order valence-electron chi connectivity index (χ0n) is 27.5. The molecule has 3 unspecified atom stereocenters. The van der Waals surface area contributed by atoms with Crippen molar-refractivity contribution < 1.29 is 40.0 Å². The van der Waals surface area contributed by atoms with Crippen LogP contribution in [0.1, 0.15) is 57.9 Å². The minimum absolute atomic E-state index is 0.0190. The van der Waals surface area contributed by atoms with Gasteiger partial charge < -0.3 is 0 Å². The zero-order valence-corrected chi connectivity index (χ0v) is 32.6. The van der Waals surface area contributed by atoms with E-state index < -0.39 is 25.6 Å². The monoisotopic (exact) mass is 830 g/mol. The number of benzene rings is 2. The molecule has 3 aliphatic rings. The number of nitrogens with zero attached hydrogens (tertiary/aromatic N) is 2. The molecule has 2 aromatic carbocycles. The SMILES string of the molecule is CCOc1ccc2c(c1)[N+]1(CCC1S(=O)(=O)O)C(=CC1=C(C)C(=Cc3[se]c4ccc(OCC)cc4[n+]3CCCS(=O)(=O)O)CC(C)C1)[Se]2. The summed E-state index contributed by atoms with van der Waals surface area (Å²) >= 11 is -0.150. The Morgan fingerprint density at radius 3 is 2.35 bits per heavy atom. The quantitative estimate of drug-likeness (QED) is 0.128. The summed E-state index contributed by atoms with van der Waals surface area (Å²) in [5.74, 6) is 1.50. The van der Waals surface area contributed by atoms with Crippen LogP contribution in [0, 0.1) is 5.92 Å². The van der Waals surface area contributed by atoms with E-state index in [1.54, 1.807) is 0 Å². The Bertz CT molecular complexity index is 2070. The molecule has 3 aromatic rings. The molecule has 10 nitrogen and oxygen atoms in total. The van der Waals surface area contributed by atoms with Gasteiger partial charge >= 0.3 is 297 Å². The predicted molar refractivity (Wildman–Crippen MR) is 190 cm³/mol. The van der Waals surface area contributed by atoms with Gasteiger partial charge in [-0.2, -0.15) is 0 Å².